The molecule has 0 atom stereocenters. The number of ketones is 2. The minimum Gasteiger partial charge on any atom is -0.494 e. The molecule has 2 aromatic carbocycles. The molecule has 0 radical (unpaired) electrons. The van der Waals surface area contributed by atoms with E-state index in [0.717, 1.165) is 0 Å². The number of carbonyl (C=O) groups is 2. The normalized spacial score (nSPS) is 10.5. The van der Waals surface area contributed by atoms with Crippen molar-refractivity contribution in [2.75, 3.05) is 34.5 Å². The maximum absolute atomic E-state index is 13.8. The van der Waals surface area contributed by atoms with E-state index in [1.807, 2.05) is 0 Å². The number of aromatic nitrogens is 1. The Hall–Kier alpha value is -3.98. The zero-order valence-electron chi connectivity index (χ0n) is 19.7. The van der Waals surface area contributed by atoms with Crippen LogP contribution in [0, 0.1) is 5.82 Å². The lowest BCUT2D eigenvalue weighted by Crippen LogP contribution is -2.08. The minimum atomic E-state index is -0.523. The summed E-state index contributed by atoms with van der Waals surface area (Å²) in [5, 5.41) is 8.91. The van der Waals surface area contributed by atoms with Crippen molar-refractivity contribution in [1.29, 1.82) is 0 Å². The van der Waals surface area contributed by atoms with Gasteiger partial charge in [0, 0.05) is 24.0 Å². The summed E-state index contributed by atoms with van der Waals surface area (Å²) in [5.74, 6) is 0.103. The maximum Gasteiger partial charge on any atom is 0.181 e. The highest BCUT2D eigenvalue weighted by Gasteiger charge is 2.18. The highest BCUT2D eigenvalue weighted by molar-refractivity contribution is 6.02. The van der Waals surface area contributed by atoms with Gasteiger partial charge in [0.25, 0.3) is 0 Å². The van der Waals surface area contributed by atoms with Crippen LogP contribution in [-0.2, 0) is 0 Å². The molecule has 1 heterocycles. The standard InChI is InChI=1S/C26H26FNO7/c1-32-23-11-7-19(28-26(23)17-4-6-18(27)24(15-17)33-2)21(31)9-8-20(30)16-5-10-22(35-13-12-29)25(14-16)34-3/h4-7,10-11,14-15,29H,8-9,12-13H2,1-3H3. The van der Waals surface area contributed by atoms with Gasteiger partial charge < -0.3 is 24.1 Å². The van der Waals surface area contributed by atoms with Gasteiger partial charge in [-0.1, -0.05) is 0 Å². The van der Waals surface area contributed by atoms with E-state index in [2.05, 4.69) is 4.98 Å². The van der Waals surface area contributed by atoms with Crippen LogP contribution in [0.1, 0.15) is 33.7 Å². The maximum atomic E-state index is 13.8. The Labute approximate surface area is 202 Å². The first kappa shape index (κ1) is 25.6. The van der Waals surface area contributed by atoms with Gasteiger partial charge >= 0.3 is 0 Å². The molecule has 0 amide bonds. The van der Waals surface area contributed by atoms with Crippen molar-refractivity contribution in [1.82, 2.24) is 4.98 Å². The Bertz CT molecular complexity index is 1210. The SMILES string of the molecule is COc1cc(-c2nc(C(=O)CCC(=O)c3ccc(OCCO)c(OC)c3)ccc2OC)ccc1F. The largest absolute Gasteiger partial charge is 0.494 e. The van der Waals surface area contributed by atoms with Crippen molar-refractivity contribution >= 4 is 11.6 Å². The van der Waals surface area contributed by atoms with E-state index in [1.165, 1.54) is 51.7 Å². The van der Waals surface area contributed by atoms with E-state index in [4.69, 9.17) is 24.1 Å². The Morgan fingerprint density at radius 3 is 2.20 bits per heavy atom. The van der Waals surface area contributed by atoms with Crippen molar-refractivity contribution in [2.24, 2.45) is 0 Å². The van der Waals surface area contributed by atoms with Crippen LogP contribution in [0.3, 0.4) is 0 Å². The van der Waals surface area contributed by atoms with Crippen molar-refractivity contribution in [3.05, 3.63) is 65.6 Å². The van der Waals surface area contributed by atoms with Crippen LogP contribution in [0.2, 0.25) is 0 Å². The molecule has 9 heteroatoms. The fraction of sp³-hybridized carbons (Fsp3) is 0.269. The third kappa shape index (κ3) is 6.13. The summed E-state index contributed by atoms with van der Waals surface area (Å²) in [7, 11) is 4.27. The van der Waals surface area contributed by atoms with Gasteiger partial charge in [-0.25, -0.2) is 9.37 Å². The molecule has 184 valence electrons. The number of hydrogen-bond acceptors (Lipinski definition) is 8. The molecule has 0 saturated heterocycles. The van der Waals surface area contributed by atoms with E-state index in [-0.39, 0.29) is 49.1 Å². The van der Waals surface area contributed by atoms with Crippen molar-refractivity contribution in [2.45, 2.75) is 12.8 Å². The van der Waals surface area contributed by atoms with E-state index in [9.17, 15) is 14.0 Å². The number of methoxy groups -OCH3 is 3. The van der Waals surface area contributed by atoms with Gasteiger partial charge in [0.15, 0.2) is 34.6 Å². The second kappa shape index (κ2) is 11.9. The van der Waals surface area contributed by atoms with Gasteiger partial charge in [0.1, 0.15) is 23.7 Å². The summed E-state index contributed by atoms with van der Waals surface area (Å²) in [4.78, 5) is 29.9. The highest BCUT2D eigenvalue weighted by Crippen LogP contribution is 2.32. The Kier molecular flexibility index (Phi) is 8.74. The second-order valence-electron chi connectivity index (χ2n) is 7.38. The number of benzene rings is 2. The van der Waals surface area contributed by atoms with Gasteiger partial charge in [0.05, 0.1) is 27.9 Å². The van der Waals surface area contributed by atoms with Crippen LogP contribution < -0.4 is 18.9 Å². The smallest absolute Gasteiger partial charge is 0.181 e. The Morgan fingerprint density at radius 2 is 1.51 bits per heavy atom. The fourth-order valence-electron chi connectivity index (χ4n) is 3.40. The van der Waals surface area contributed by atoms with Crippen LogP contribution in [0.4, 0.5) is 4.39 Å². The molecule has 8 nitrogen and oxygen atoms in total. The minimum absolute atomic E-state index is 0.0355. The number of nitrogens with zero attached hydrogens (tertiary/aromatic N) is 1. The number of aliphatic hydroxyl groups is 1. The Balaban J connectivity index is 1.76. The first-order chi connectivity index (χ1) is 16.9. The number of pyridine rings is 1. The number of rotatable bonds is 12. The monoisotopic (exact) mass is 483 g/mol. The lowest BCUT2D eigenvalue weighted by molar-refractivity contribution is 0.0914. The first-order valence-corrected chi connectivity index (χ1v) is 10.8. The van der Waals surface area contributed by atoms with Crippen LogP contribution in [0.15, 0.2) is 48.5 Å². The summed E-state index contributed by atoms with van der Waals surface area (Å²) in [5.41, 5.74) is 1.39. The lowest BCUT2D eigenvalue weighted by Gasteiger charge is -2.12. The average Bonchev–Trinajstić information content (AvgIpc) is 2.90. The number of halogens is 1. The lowest BCUT2D eigenvalue weighted by atomic mass is 10.0. The van der Waals surface area contributed by atoms with Crippen molar-refractivity contribution < 1.29 is 38.0 Å². The Morgan fingerprint density at radius 1 is 0.829 bits per heavy atom. The van der Waals surface area contributed by atoms with Crippen LogP contribution in [0.5, 0.6) is 23.0 Å². The molecule has 3 aromatic rings. The summed E-state index contributed by atoms with van der Waals surface area (Å²) >= 11 is 0. The average molecular weight is 483 g/mol. The molecule has 35 heavy (non-hydrogen) atoms. The quantitative estimate of drug-likeness (QED) is 0.384. The van der Waals surface area contributed by atoms with Gasteiger partial charge in [-0.15, -0.1) is 0 Å². The predicted molar refractivity (Wildman–Crippen MR) is 126 cm³/mol. The molecule has 3 rings (SSSR count). The van der Waals surface area contributed by atoms with Gasteiger partial charge in [-0.3, -0.25) is 9.59 Å². The third-order valence-corrected chi connectivity index (χ3v) is 5.20. The number of hydrogen-bond donors (Lipinski definition) is 1. The molecule has 0 unspecified atom stereocenters. The van der Waals surface area contributed by atoms with Crippen LogP contribution in [-0.4, -0.2) is 56.2 Å². The molecule has 0 bridgehead atoms. The number of carbonyl (C=O) groups excluding carboxylic acids is 2. The molecule has 0 fully saturated rings. The molecular weight excluding hydrogens is 457 g/mol. The summed E-state index contributed by atoms with van der Waals surface area (Å²) in [6.07, 6.45) is -0.0956. The molecule has 0 aliphatic carbocycles. The number of ether oxygens (including phenoxy) is 4. The molecule has 1 aromatic heterocycles. The number of aliphatic hydroxyl groups excluding tert-OH is 1. The van der Waals surface area contributed by atoms with Crippen molar-refractivity contribution in [3.63, 3.8) is 0 Å². The molecule has 1 N–H and O–H groups in total. The molecule has 0 saturated carbocycles. The van der Waals surface area contributed by atoms with Gasteiger partial charge in [0.2, 0.25) is 0 Å². The van der Waals surface area contributed by atoms with E-state index in [1.54, 1.807) is 18.2 Å². The van der Waals surface area contributed by atoms with Crippen LogP contribution >= 0.6 is 0 Å². The van der Waals surface area contributed by atoms with E-state index in [0.29, 0.717) is 34.1 Å². The van der Waals surface area contributed by atoms with Crippen LogP contribution in [0.25, 0.3) is 11.3 Å². The summed E-state index contributed by atoms with van der Waals surface area (Å²) in [6, 6.07) is 12.0. The second-order valence-corrected chi connectivity index (χ2v) is 7.38. The predicted octanol–water partition coefficient (Wildman–Crippen LogP) is 4.13. The fourth-order valence-corrected chi connectivity index (χ4v) is 3.40. The zero-order chi connectivity index (χ0) is 25.4. The first-order valence-electron chi connectivity index (χ1n) is 10.8. The molecule has 0 aliphatic rings. The zero-order valence-corrected chi connectivity index (χ0v) is 19.7. The molecule has 0 spiro atoms. The summed E-state index contributed by atoms with van der Waals surface area (Å²) < 4.78 is 34.8. The van der Waals surface area contributed by atoms with Gasteiger partial charge in [-0.05, 0) is 48.5 Å². The van der Waals surface area contributed by atoms with Gasteiger partial charge in [-0.2, -0.15) is 0 Å². The topological polar surface area (TPSA) is 104 Å². The third-order valence-electron chi connectivity index (χ3n) is 5.20. The molecule has 0 aliphatic heterocycles. The van der Waals surface area contributed by atoms with Crippen molar-refractivity contribution in [3.8, 4) is 34.3 Å². The number of Topliss-reactive ketones (excluding diaryl/α,β-unsaturated/α-hetero) is 2. The van der Waals surface area contributed by atoms with E-state index >= 15 is 0 Å². The summed E-state index contributed by atoms with van der Waals surface area (Å²) in [6.45, 7) is -0.0541. The van der Waals surface area contributed by atoms with E-state index < -0.39 is 5.82 Å². The molecular formula is C26H26FNO7. The highest BCUT2D eigenvalue weighted by atomic mass is 19.1.